The number of nitrogens with two attached hydrogens (primary N) is 1. The maximum atomic E-state index is 11.9. The molecule has 1 aromatic carbocycles. The molecule has 0 spiro atoms. The van der Waals surface area contributed by atoms with E-state index < -0.39 is 0 Å². The van der Waals surface area contributed by atoms with E-state index in [4.69, 9.17) is 10.5 Å². The van der Waals surface area contributed by atoms with Crippen LogP contribution in [0.2, 0.25) is 0 Å². The van der Waals surface area contributed by atoms with Crippen LogP contribution >= 0.6 is 0 Å². The molecule has 0 saturated carbocycles. The van der Waals surface area contributed by atoms with Crippen LogP contribution < -0.4 is 21.3 Å². The zero-order chi connectivity index (χ0) is 14.5. The summed E-state index contributed by atoms with van der Waals surface area (Å²) in [5.41, 5.74) is 6.42. The van der Waals surface area contributed by atoms with E-state index in [1.807, 2.05) is 0 Å². The molecule has 104 valence electrons. The van der Waals surface area contributed by atoms with Crippen molar-refractivity contribution in [2.75, 3.05) is 18.2 Å². The summed E-state index contributed by atoms with van der Waals surface area (Å²) in [4.78, 5) is 23.5. The van der Waals surface area contributed by atoms with Crippen LogP contribution in [0.4, 0.5) is 11.4 Å². The Balaban J connectivity index is 2.14. The van der Waals surface area contributed by atoms with E-state index in [0.717, 1.165) is 0 Å². The Hall–Kier alpha value is -2.76. The van der Waals surface area contributed by atoms with Gasteiger partial charge in [-0.25, -0.2) is 0 Å². The Morgan fingerprint density at radius 1 is 1.35 bits per heavy atom. The average Bonchev–Trinajstić information content (AvgIpc) is 2.41. The van der Waals surface area contributed by atoms with E-state index >= 15 is 0 Å². The molecule has 0 radical (unpaired) electrons. The van der Waals surface area contributed by atoms with Crippen LogP contribution in [0.15, 0.2) is 47.4 Å². The van der Waals surface area contributed by atoms with Gasteiger partial charge in [0.15, 0.2) is 0 Å². The molecule has 6 heteroatoms. The monoisotopic (exact) mass is 273 g/mol. The highest BCUT2D eigenvalue weighted by Gasteiger charge is 2.09. The lowest BCUT2D eigenvalue weighted by Gasteiger charge is -2.11. The first kappa shape index (κ1) is 13.7. The van der Waals surface area contributed by atoms with Gasteiger partial charge >= 0.3 is 0 Å². The molecular formula is C14H15N3O3. The molecule has 20 heavy (non-hydrogen) atoms. The number of ether oxygens (including phenoxy) is 1. The van der Waals surface area contributed by atoms with Gasteiger partial charge in [-0.1, -0.05) is 6.07 Å². The highest BCUT2D eigenvalue weighted by molar-refractivity contribution is 5.92. The number of nitrogens with one attached hydrogen (secondary N) is 1. The highest BCUT2D eigenvalue weighted by atomic mass is 16.5. The number of nitrogens with zero attached hydrogens (tertiary/aromatic N) is 1. The molecule has 1 aromatic heterocycles. The van der Waals surface area contributed by atoms with Gasteiger partial charge in [0.25, 0.3) is 5.56 Å². The molecule has 0 aliphatic rings. The van der Waals surface area contributed by atoms with Crippen molar-refractivity contribution in [2.45, 2.75) is 6.54 Å². The molecular weight excluding hydrogens is 258 g/mol. The molecule has 2 aromatic rings. The number of hydrogen-bond acceptors (Lipinski definition) is 4. The Morgan fingerprint density at radius 2 is 2.15 bits per heavy atom. The van der Waals surface area contributed by atoms with Gasteiger partial charge in [-0.15, -0.1) is 0 Å². The summed E-state index contributed by atoms with van der Waals surface area (Å²) in [6.45, 7) is -0.0718. The summed E-state index contributed by atoms with van der Waals surface area (Å²) in [6.07, 6.45) is 1.55. The van der Waals surface area contributed by atoms with E-state index in [1.54, 1.807) is 36.5 Å². The largest absolute Gasteiger partial charge is 0.495 e. The second-order valence-corrected chi connectivity index (χ2v) is 4.17. The quantitative estimate of drug-likeness (QED) is 0.816. The summed E-state index contributed by atoms with van der Waals surface area (Å²) >= 11 is 0. The van der Waals surface area contributed by atoms with Crippen molar-refractivity contribution in [3.63, 3.8) is 0 Å². The molecule has 0 unspecified atom stereocenters. The Bertz CT molecular complexity index is 679. The van der Waals surface area contributed by atoms with Crippen molar-refractivity contribution < 1.29 is 9.53 Å². The van der Waals surface area contributed by atoms with E-state index in [1.165, 1.54) is 17.7 Å². The number of amides is 1. The number of nitrogen functional groups attached to an aromatic ring is 1. The van der Waals surface area contributed by atoms with E-state index in [9.17, 15) is 9.59 Å². The van der Waals surface area contributed by atoms with E-state index in [2.05, 4.69) is 5.32 Å². The van der Waals surface area contributed by atoms with Crippen molar-refractivity contribution in [1.29, 1.82) is 0 Å². The molecule has 3 N–H and O–H groups in total. The number of anilines is 2. The molecule has 0 fully saturated rings. The molecule has 1 heterocycles. The van der Waals surface area contributed by atoms with Crippen LogP contribution in [0.25, 0.3) is 0 Å². The third-order valence-electron chi connectivity index (χ3n) is 2.71. The number of rotatable bonds is 4. The van der Waals surface area contributed by atoms with Gasteiger partial charge in [0.1, 0.15) is 12.3 Å². The summed E-state index contributed by atoms with van der Waals surface area (Å²) in [7, 11) is 1.50. The normalized spacial score (nSPS) is 10.1. The fraction of sp³-hybridized carbons (Fsp3) is 0.143. The van der Waals surface area contributed by atoms with Gasteiger partial charge < -0.3 is 20.4 Å². The Kier molecular flexibility index (Phi) is 4.05. The Morgan fingerprint density at radius 3 is 2.85 bits per heavy atom. The topological polar surface area (TPSA) is 86.3 Å². The van der Waals surface area contributed by atoms with Crippen molar-refractivity contribution in [3.05, 3.63) is 52.9 Å². The SMILES string of the molecule is COc1ccc(N)cc1NC(=O)Cn1ccccc1=O. The standard InChI is InChI=1S/C14H15N3O3/c1-20-12-6-5-10(15)8-11(12)16-13(18)9-17-7-3-2-4-14(17)19/h2-8H,9,15H2,1H3,(H,16,18). The van der Waals surface area contributed by atoms with Crippen molar-refractivity contribution in [2.24, 2.45) is 0 Å². The van der Waals surface area contributed by atoms with Crippen molar-refractivity contribution in [1.82, 2.24) is 4.57 Å². The van der Waals surface area contributed by atoms with Crippen LogP contribution in [0.3, 0.4) is 0 Å². The van der Waals surface area contributed by atoms with Gasteiger partial charge in [-0.05, 0) is 24.3 Å². The van der Waals surface area contributed by atoms with Gasteiger partial charge in [-0.2, -0.15) is 0 Å². The van der Waals surface area contributed by atoms with Crippen molar-refractivity contribution in [3.8, 4) is 5.75 Å². The van der Waals surface area contributed by atoms with Crippen LogP contribution in [-0.2, 0) is 11.3 Å². The first-order chi connectivity index (χ1) is 9.60. The predicted octanol–water partition coefficient (Wildman–Crippen LogP) is 1.08. The summed E-state index contributed by atoms with van der Waals surface area (Å²) in [6, 6.07) is 9.65. The van der Waals surface area contributed by atoms with Crippen molar-refractivity contribution >= 4 is 17.3 Å². The van der Waals surface area contributed by atoms with Gasteiger partial charge in [0, 0.05) is 18.0 Å². The maximum absolute atomic E-state index is 11.9. The fourth-order valence-corrected chi connectivity index (χ4v) is 1.76. The van der Waals surface area contributed by atoms with Crippen LogP contribution in [0, 0.1) is 0 Å². The number of carbonyl (C=O) groups is 1. The lowest BCUT2D eigenvalue weighted by molar-refractivity contribution is -0.116. The van der Waals surface area contributed by atoms with Crippen LogP contribution in [0.5, 0.6) is 5.75 Å². The number of hydrogen-bond donors (Lipinski definition) is 2. The lowest BCUT2D eigenvalue weighted by Crippen LogP contribution is -2.26. The summed E-state index contributed by atoms with van der Waals surface area (Å²) in [5.74, 6) is 0.176. The van der Waals surface area contributed by atoms with E-state index in [0.29, 0.717) is 17.1 Å². The second kappa shape index (κ2) is 5.92. The number of methoxy groups -OCH3 is 1. The Labute approximate surface area is 115 Å². The molecule has 1 amide bonds. The first-order valence-electron chi connectivity index (χ1n) is 5.99. The van der Waals surface area contributed by atoms with Gasteiger partial charge in [0.05, 0.1) is 12.8 Å². The second-order valence-electron chi connectivity index (χ2n) is 4.17. The lowest BCUT2D eigenvalue weighted by atomic mass is 10.2. The minimum absolute atomic E-state index is 0.0718. The fourth-order valence-electron chi connectivity index (χ4n) is 1.76. The van der Waals surface area contributed by atoms with Gasteiger partial charge in [-0.3, -0.25) is 9.59 Å². The molecule has 6 nitrogen and oxygen atoms in total. The molecule has 0 aliphatic heterocycles. The van der Waals surface area contributed by atoms with Gasteiger partial charge in [0.2, 0.25) is 5.91 Å². The average molecular weight is 273 g/mol. The maximum Gasteiger partial charge on any atom is 0.250 e. The van der Waals surface area contributed by atoms with Crippen LogP contribution in [-0.4, -0.2) is 17.6 Å². The number of benzene rings is 1. The number of aromatic nitrogens is 1. The molecule has 0 atom stereocenters. The minimum atomic E-state index is -0.331. The molecule has 0 bridgehead atoms. The number of pyridine rings is 1. The molecule has 0 aliphatic carbocycles. The zero-order valence-corrected chi connectivity index (χ0v) is 11.0. The molecule has 2 rings (SSSR count). The molecule has 0 saturated heterocycles. The third kappa shape index (κ3) is 3.17. The third-order valence-corrected chi connectivity index (χ3v) is 2.71. The summed E-state index contributed by atoms with van der Waals surface area (Å²) < 4.78 is 6.45. The summed E-state index contributed by atoms with van der Waals surface area (Å²) in [5, 5.41) is 2.67. The first-order valence-corrected chi connectivity index (χ1v) is 5.99. The highest BCUT2D eigenvalue weighted by Crippen LogP contribution is 2.26. The zero-order valence-electron chi connectivity index (χ0n) is 11.0. The minimum Gasteiger partial charge on any atom is -0.495 e. The predicted molar refractivity (Wildman–Crippen MR) is 76.7 cm³/mol. The van der Waals surface area contributed by atoms with Crippen LogP contribution in [0.1, 0.15) is 0 Å². The number of carbonyl (C=O) groups excluding carboxylic acids is 1. The smallest absolute Gasteiger partial charge is 0.250 e. The van der Waals surface area contributed by atoms with E-state index in [-0.39, 0.29) is 18.0 Å².